The minimum atomic E-state index is -0.435. The highest BCUT2D eigenvalue weighted by Gasteiger charge is 2.26. The Morgan fingerprint density at radius 2 is 1.90 bits per heavy atom. The molecule has 0 aliphatic carbocycles. The van der Waals surface area contributed by atoms with E-state index in [1.54, 1.807) is 6.92 Å². The Morgan fingerprint density at radius 1 is 1.24 bits per heavy atom. The van der Waals surface area contributed by atoms with Crippen molar-refractivity contribution in [3.8, 4) is 11.1 Å². The van der Waals surface area contributed by atoms with Gasteiger partial charge in [-0.25, -0.2) is 4.79 Å². The molecule has 1 aliphatic rings. The van der Waals surface area contributed by atoms with Crippen LogP contribution in [0, 0.1) is 0 Å². The summed E-state index contributed by atoms with van der Waals surface area (Å²) in [5.41, 5.74) is 2.05. The Kier molecular flexibility index (Phi) is 7.45. The number of hydrogen-bond acceptors (Lipinski definition) is 6. The van der Waals surface area contributed by atoms with Crippen molar-refractivity contribution in [2.45, 2.75) is 33.0 Å². The molecule has 0 bridgehead atoms. The Bertz CT molecular complexity index is 858. The highest BCUT2D eigenvalue weighted by Crippen LogP contribution is 2.36. The number of hydrogen-bond donors (Lipinski definition) is 1. The largest absolute Gasteiger partial charge is 0.462 e. The van der Waals surface area contributed by atoms with Crippen LogP contribution in [0.5, 0.6) is 0 Å². The van der Waals surface area contributed by atoms with Crippen LogP contribution in [0.25, 0.3) is 11.1 Å². The molecule has 1 fully saturated rings. The summed E-state index contributed by atoms with van der Waals surface area (Å²) < 4.78 is 11.9. The minimum absolute atomic E-state index is 0.0902. The number of anilines is 1. The van der Waals surface area contributed by atoms with Crippen LogP contribution >= 0.6 is 27.3 Å². The van der Waals surface area contributed by atoms with Crippen LogP contribution in [0.4, 0.5) is 5.00 Å². The molecule has 2 heterocycles. The van der Waals surface area contributed by atoms with Gasteiger partial charge < -0.3 is 14.8 Å². The van der Waals surface area contributed by atoms with Gasteiger partial charge in [0.25, 0.3) is 0 Å². The van der Waals surface area contributed by atoms with E-state index in [0.29, 0.717) is 23.7 Å². The summed E-state index contributed by atoms with van der Waals surface area (Å²) in [6, 6.07) is 7.69. The third kappa shape index (κ3) is 5.66. The number of nitrogens with one attached hydrogen (secondary N) is 1. The normalized spacial score (nSPS) is 19.7. The highest BCUT2D eigenvalue weighted by atomic mass is 79.9. The molecule has 8 heteroatoms. The van der Waals surface area contributed by atoms with Crippen LogP contribution in [0.1, 0.15) is 31.1 Å². The van der Waals surface area contributed by atoms with Gasteiger partial charge in [0.1, 0.15) is 10.6 Å². The van der Waals surface area contributed by atoms with Crippen LogP contribution in [0.2, 0.25) is 0 Å². The van der Waals surface area contributed by atoms with Crippen molar-refractivity contribution in [2.75, 3.05) is 31.6 Å². The van der Waals surface area contributed by atoms with Crippen LogP contribution in [0.15, 0.2) is 34.1 Å². The first-order chi connectivity index (χ1) is 13.9. The lowest BCUT2D eigenvalue weighted by Gasteiger charge is -2.34. The molecule has 0 radical (unpaired) electrons. The van der Waals surface area contributed by atoms with Gasteiger partial charge in [-0.2, -0.15) is 0 Å². The van der Waals surface area contributed by atoms with Crippen molar-refractivity contribution in [2.24, 2.45) is 0 Å². The third-order valence-electron chi connectivity index (χ3n) is 4.54. The fraction of sp³-hybridized carbons (Fsp3) is 0.429. The topological polar surface area (TPSA) is 67.9 Å². The Hall–Kier alpha value is -1.74. The van der Waals surface area contributed by atoms with Crippen LogP contribution in [-0.2, 0) is 14.3 Å². The second-order valence-electron chi connectivity index (χ2n) is 7.08. The molecule has 2 aromatic rings. The first kappa shape index (κ1) is 22.0. The number of halogens is 1. The summed E-state index contributed by atoms with van der Waals surface area (Å²) in [6.07, 6.45) is 0.180. The number of rotatable bonds is 6. The molecule has 1 N–H and O–H groups in total. The first-order valence-electron chi connectivity index (χ1n) is 9.59. The van der Waals surface area contributed by atoms with Crippen molar-refractivity contribution in [1.82, 2.24) is 4.90 Å². The zero-order chi connectivity index (χ0) is 21.0. The van der Waals surface area contributed by atoms with E-state index in [4.69, 9.17) is 9.47 Å². The molecule has 1 aromatic heterocycles. The predicted molar refractivity (Wildman–Crippen MR) is 118 cm³/mol. The standard InChI is InChI=1S/C21H25BrN2O4S/c1-4-27-21(26)19-17(15-5-7-16(22)8-6-15)12-29-20(19)23-18(25)11-24-9-13(2)28-14(3)10-24/h5-8,12-14H,4,9-11H2,1-3H3,(H,23,25)/t13-,14-/m0/s1. The summed E-state index contributed by atoms with van der Waals surface area (Å²) in [4.78, 5) is 27.4. The summed E-state index contributed by atoms with van der Waals surface area (Å²) in [6.45, 7) is 7.71. The number of morpholine rings is 1. The van der Waals surface area contributed by atoms with Crippen molar-refractivity contribution in [3.05, 3.63) is 39.7 Å². The molecule has 1 aromatic carbocycles. The maximum absolute atomic E-state index is 12.7. The molecule has 1 saturated heterocycles. The lowest BCUT2D eigenvalue weighted by Crippen LogP contribution is -2.48. The lowest BCUT2D eigenvalue weighted by atomic mass is 10.0. The van der Waals surface area contributed by atoms with E-state index in [1.807, 2.05) is 43.5 Å². The van der Waals surface area contributed by atoms with Crippen molar-refractivity contribution in [3.63, 3.8) is 0 Å². The average Bonchev–Trinajstić information content (AvgIpc) is 3.05. The molecule has 29 heavy (non-hydrogen) atoms. The summed E-state index contributed by atoms with van der Waals surface area (Å²) >= 11 is 4.76. The fourth-order valence-electron chi connectivity index (χ4n) is 3.48. The van der Waals surface area contributed by atoms with Gasteiger partial charge in [-0.15, -0.1) is 11.3 Å². The number of ether oxygens (including phenoxy) is 2. The van der Waals surface area contributed by atoms with Crippen molar-refractivity contribution >= 4 is 44.1 Å². The second kappa shape index (κ2) is 9.84. The van der Waals surface area contributed by atoms with E-state index in [1.165, 1.54) is 11.3 Å². The number of carbonyl (C=O) groups is 2. The van der Waals surface area contributed by atoms with E-state index >= 15 is 0 Å². The third-order valence-corrected chi connectivity index (χ3v) is 5.97. The van der Waals surface area contributed by atoms with E-state index in [0.717, 1.165) is 15.6 Å². The molecule has 0 spiro atoms. The minimum Gasteiger partial charge on any atom is -0.462 e. The van der Waals surface area contributed by atoms with Crippen molar-refractivity contribution in [1.29, 1.82) is 0 Å². The Balaban J connectivity index is 1.80. The van der Waals surface area contributed by atoms with Crippen LogP contribution in [0.3, 0.4) is 0 Å². The predicted octanol–water partition coefficient (Wildman–Crippen LogP) is 4.40. The zero-order valence-corrected chi connectivity index (χ0v) is 19.1. The van der Waals surface area contributed by atoms with E-state index < -0.39 is 5.97 Å². The SMILES string of the molecule is CCOC(=O)c1c(-c2ccc(Br)cc2)csc1NC(=O)CN1C[C@H](C)O[C@@H](C)C1. The molecule has 1 amide bonds. The van der Waals surface area contributed by atoms with Gasteiger partial charge in [0.05, 0.1) is 25.4 Å². The van der Waals surface area contributed by atoms with Gasteiger partial charge in [0.15, 0.2) is 0 Å². The average molecular weight is 481 g/mol. The maximum atomic E-state index is 12.7. The molecule has 1 aliphatic heterocycles. The zero-order valence-electron chi connectivity index (χ0n) is 16.7. The number of esters is 1. The molecule has 6 nitrogen and oxygen atoms in total. The van der Waals surface area contributed by atoms with Gasteiger partial charge in [0.2, 0.25) is 5.91 Å². The van der Waals surface area contributed by atoms with Gasteiger partial charge in [0, 0.05) is 28.5 Å². The number of thiophene rings is 1. The van der Waals surface area contributed by atoms with Crippen LogP contribution in [-0.4, -0.2) is 55.2 Å². The molecule has 0 saturated carbocycles. The van der Waals surface area contributed by atoms with Gasteiger partial charge in [-0.3, -0.25) is 9.69 Å². The molecular weight excluding hydrogens is 456 g/mol. The quantitative estimate of drug-likeness (QED) is 0.620. The molecule has 156 valence electrons. The molecule has 0 unspecified atom stereocenters. The smallest absolute Gasteiger partial charge is 0.341 e. The maximum Gasteiger partial charge on any atom is 0.341 e. The molecular formula is C21H25BrN2O4S. The molecule has 2 atom stereocenters. The summed E-state index contributed by atoms with van der Waals surface area (Å²) in [7, 11) is 0. The van der Waals surface area contributed by atoms with Gasteiger partial charge in [-0.1, -0.05) is 28.1 Å². The number of carbonyl (C=O) groups excluding carboxylic acids is 2. The van der Waals surface area contributed by atoms with Gasteiger partial charge >= 0.3 is 5.97 Å². The van der Waals surface area contributed by atoms with Gasteiger partial charge in [-0.05, 0) is 38.5 Å². The highest BCUT2D eigenvalue weighted by molar-refractivity contribution is 9.10. The van der Waals surface area contributed by atoms with E-state index in [2.05, 4.69) is 26.1 Å². The fourth-order valence-corrected chi connectivity index (χ4v) is 4.72. The van der Waals surface area contributed by atoms with E-state index in [-0.39, 0.29) is 31.3 Å². The Morgan fingerprint density at radius 3 is 2.52 bits per heavy atom. The second-order valence-corrected chi connectivity index (χ2v) is 8.88. The van der Waals surface area contributed by atoms with E-state index in [9.17, 15) is 9.59 Å². The number of nitrogens with zero attached hydrogens (tertiary/aromatic N) is 1. The summed E-state index contributed by atoms with van der Waals surface area (Å²) in [5.74, 6) is -0.586. The Labute approximate surface area is 183 Å². The van der Waals surface area contributed by atoms with Crippen LogP contribution < -0.4 is 5.32 Å². The lowest BCUT2D eigenvalue weighted by molar-refractivity contribution is -0.121. The van der Waals surface area contributed by atoms with Crippen molar-refractivity contribution < 1.29 is 19.1 Å². The molecule has 3 rings (SSSR count). The number of amides is 1. The monoisotopic (exact) mass is 480 g/mol. The summed E-state index contributed by atoms with van der Waals surface area (Å²) in [5, 5.41) is 5.31. The first-order valence-corrected chi connectivity index (χ1v) is 11.3. The number of benzene rings is 1.